The highest BCUT2D eigenvalue weighted by Crippen LogP contribution is 2.40. The van der Waals surface area contributed by atoms with E-state index in [0.717, 1.165) is 28.4 Å². The predicted octanol–water partition coefficient (Wildman–Crippen LogP) is 4.33. The number of alkyl halides is 3. The van der Waals surface area contributed by atoms with Gasteiger partial charge in [-0.1, -0.05) is 34.1 Å². The van der Waals surface area contributed by atoms with Crippen molar-refractivity contribution < 1.29 is 22.8 Å². The van der Waals surface area contributed by atoms with Crippen molar-refractivity contribution >= 4 is 50.4 Å². The number of hydrogen-bond acceptors (Lipinski definition) is 5. The van der Waals surface area contributed by atoms with Gasteiger partial charge in [0.2, 0.25) is 5.82 Å². The van der Waals surface area contributed by atoms with Gasteiger partial charge in [-0.25, -0.2) is 15.0 Å². The average molecular weight is 497 g/mol. The highest BCUT2D eigenvalue weighted by atomic mass is 79.9. The van der Waals surface area contributed by atoms with Gasteiger partial charge in [0.05, 0.1) is 16.8 Å². The summed E-state index contributed by atoms with van der Waals surface area (Å²) < 4.78 is 39.3. The Labute approximate surface area is 181 Å². The third-order valence-corrected chi connectivity index (χ3v) is 6.29. The summed E-state index contributed by atoms with van der Waals surface area (Å²) in [6.45, 7) is 0. The third kappa shape index (κ3) is 3.99. The van der Waals surface area contributed by atoms with E-state index in [1.54, 1.807) is 0 Å². The predicted molar refractivity (Wildman–Crippen MR) is 108 cm³/mol. The molecule has 0 spiro atoms. The van der Waals surface area contributed by atoms with Crippen LogP contribution in [0.1, 0.15) is 27.1 Å². The van der Waals surface area contributed by atoms with Gasteiger partial charge < -0.3 is 0 Å². The standard InChI is InChI=1S/C19H12BrF3N4O2S/c20-13-4-2-1-3-12(13)18-27(15(28)9-30-18)26-17(29)16-24-8-10-7-11(19(21,22)23)5-6-14(10)25-16/h1-8,18H,9H2,(H,26,29). The number of aromatic nitrogens is 2. The van der Waals surface area contributed by atoms with Gasteiger partial charge in [-0.05, 0) is 24.3 Å². The normalized spacial score (nSPS) is 16.9. The van der Waals surface area contributed by atoms with Gasteiger partial charge in [0, 0.05) is 21.6 Å². The van der Waals surface area contributed by atoms with E-state index >= 15 is 0 Å². The molecule has 154 valence electrons. The van der Waals surface area contributed by atoms with Crippen LogP contribution in [-0.4, -0.2) is 32.5 Å². The molecule has 1 aromatic heterocycles. The van der Waals surface area contributed by atoms with Crippen LogP contribution in [0.3, 0.4) is 0 Å². The van der Waals surface area contributed by atoms with Crippen LogP contribution in [0.4, 0.5) is 13.2 Å². The first-order valence-corrected chi connectivity index (χ1v) is 10.4. The SMILES string of the molecule is O=C(NN1C(=O)CSC1c1ccccc1Br)c1ncc2cc(C(F)(F)F)ccc2n1. The molecule has 11 heteroatoms. The number of hydrogen-bond donors (Lipinski definition) is 1. The van der Waals surface area contributed by atoms with Gasteiger partial charge in [-0.15, -0.1) is 11.8 Å². The Morgan fingerprint density at radius 1 is 1.23 bits per heavy atom. The quantitative estimate of drug-likeness (QED) is 0.583. The Balaban J connectivity index is 1.59. The second-order valence-corrected chi connectivity index (χ2v) is 8.28. The number of halogens is 4. The maximum absolute atomic E-state index is 12.8. The Hall–Kier alpha value is -2.66. The fourth-order valence-corrected chi connectivity index (χ4v) is 4.73. The average Bonchev–Trinajstić information content (AvgIpc) is 3.07. The molecule has 0 radical (unpaired) electrons. The molecule has 1 saturated heterocycles. The van der Waals surface area contributed by atoms with E-state index in [1.807, 2.05) is 24.3 Å². The van der Waals surface area contributed by atoms with Crippen molar-refractivity contribution in [3.8, 4) is 0 Å². The lowest BCUT2D eigenvalue weighted by molar-refractivity contribution is -0.137. The molecule has 6 nitrogen and oxygen atoms in total. The largest absolute Gasteiger partial charge is 0.416 e. The highest BCUT2D eigenvalue weighted by molar-refractivity contribution is 9.10. The Kier molecular flexibility index (Phi) is 5.41. The van der Waals surface area contributed by atoms with Gasteiger partial charge in [0.1, 0.15) is 5.37 Å². The van der Waals surface area contributed by atoms with Crippen LogP contribution >= 0.6 is 27.7 Å². The first-order chi connectivity index (χ1) is 14.2. The highest BCUT2D eigenvalue weighted by Gasteiger charge is 2.36. The van der Waals surface area contributed by atoms with Crippen LogP contribution in [0.25, 0.3) is 10.9 Å². The molecule has 1 aliphatic rings. The smallest absolute Gasteiger partial charge is 0.272 e. The summed E-state index contributed by atoms with van der Waals surface area (Å²) in [7, 11) is 0. The molecule has 1 aliphatic heterocycles. The van der Waals surface area contributed by atoms with Gasteiger partial charge in [-0.3, -0.25) is 15.0 Å². The van der Waals surface area contributed by atoms with Crippen molar-refractivity contribution in [2.24, 2.45) is 0 Å². The Morgan fingerprint density at radius 3 is 2.73 bits per heavy atom. The number of hydrazine groups is 1. The third-order valence-electron chi connectivity index (χ3n) is 4.37. The minimum absolute atomic E-state index is 0.153. The maximum Gasteiger partial charge on any atom is 0.416 e. The zero-order valence-electron chi connectivity index (χ0n) is 15.0. The fraction of sp³-hybridized carbons (Fsp3) is 0.158. The zero-order valence-corrected chi connectivity index (χ0v) is 17.4. The van der Waals surface area contributed by atoms with Crippen LogP contribution in [0.2, 0.25) is 0 Å². The second-order valence-electron chi connectivity index (χ2n) is 6.35. The monoisotopic (exact) mass is 496 g/mol. The molecule has 1 atom stereocenters. The molecule has 2 aromatic carbocycles. The number of rotatable bonds is 3. The van der Waals surface area contributed by atoms with E-state index in [2.05, 4.69) is 31.3 Å². The number of nitrogens with zero attached hydrogens (tertiary/aromatic N) is 3. The summed E-state index contributed by atoms with van der Waals surface area (Å²) in [5.41, 5.74) is 2.69. The van der Waals surface area contributed by atoms with E-state index in [1.165, 1.54) is 22.8 Å². The van der Waals surface area contributed by atoms with Gasteiger partial charge in [0.25, 0.3) is 5.91 Å². The number of amides is 2. The first kappa shape index (κ1) is 20.6. The number of benzene rings is 2. The zero-order chi connectivity index (χ0) is 21.5. The van der Waals surface area contributed by atoms with Crippen molar-refractivity contribution in [1.29, 1.82) is 0 Å². The molecule has 0 saturated carbocycles. The van der Waals surface area contributed by atoms with Crippen molar-refractivity contribution in [2.45, 2.75) is 11.6 Å². The Bertz CT molecular complexity index is 1160. The van der Waals surface area contributed by atoms with E-state index in [9.17, 15) is 22.8 Å². The van der Waals surface area contributed by atoms with E-state index in [-0.39, 0.29) is 28.4 Å². The number of fused-ring (bicyclic) bond motifs is 1. The summed E-state index contributed by atoms with van der Waals surface area (Å²) in [6.07, 6.45) is -3.34. The van der Waals surface area contributed by atoms with E-state index < -0.39 is 23.0 Å². The number of carbonyl (C=O) groups excluding carboxylic acids is 2. The lowest BCUT2D eigenvalue weighted by atomic mass is 10.1. The molecule has 0 bridgehead atoms. The van der Waals surface area contributed by atoms with Crippen molar-refractivity contribution in [3.63, 3.8) is 0 Å². The van der Waals surface area contributed by atoms with Crippen LogP contribution in [0, 0.1) is 0 Å². The molecular formula is C19H12BrF3N4O2S. The Morgan fingerprint density at radius 2 is 2.00 bits per heavy atom. The second kappa shape index (κ2) is 7.88. The molecular weight excluding hydrogens is 485 g/mol. The molecule has 1 unspecified atom stereocenters. The summed E-state index contributed by atoms with van der Waals surface area (Å²) in [5.74, 6) is -1.09. The fourth-order valence-electron chi connectivity index (χ4n) is 2.93. The van der Waals surface area contributed by atoms with Gasteiger partial charge in [-0.2, -0.15) is 13.2 Å². The molecule has 0 aliphatic carbocycles. The lowest BCUT2D eigenvalue weighted by Gasteiger charge is -2.24. The molecule has 1 N–H and O–H groups in total. The van der Waals surface area contributed by atoms with E-state index in [0.29, 0.717) is 0 Å². The molecule has 3 aromatic rings. The summed E-state index contributed by atoms with van der Waals surface area (Å²) >= 11 is 4.80. The van der Waals surface area contributed by atoms with Crippen LogP contribution < -0.4 is 5.43 Å². The summed E-state index contributed by atoms with van der Waals surface area (Å²) in [6, 6.07) is 10.3. The molecule has 30 heavy (non-hydrogen) atoms. The van der Waals surface area contributed by atoms with Crippen LogP contribution in [0.5, 0.6) is 0 Å². The summed E-state index contributed by atoms with van der Waals surface area (Å²) in [4.78, 5) is 32.9. The number of nitrogens with one attached hydrogen (secondary N) is 1. The molecule has 2 amide bonds. The number of carbonyl (C=O) groups is 2. The van der Waals surface area contributed by atoms with Crippen molar-refractivity contribution in [2.75, 3.05) is 5.75 Å². The molecule has 1 fully saturated rings. The topological polar surface area (TPSA) is 75.2 Å². The minimum Gasteiger partial charge on any atom is -0.272 e. The van der Waals surface area contributed by atoms with E-state index in [4.69, 9.17) is 0 Å². The molecule has 4 rings (SSSR count). The number of thioether (sulfide) groups is 1. The molecule has 2 heterocycles. The van der Waals surface area contributed by atoms with Crippen LogP contribution in [0.15, 0.2) is 53.1 Å². The van der Waals surface area contributed by atoms with Gasteiger partial charge >= 0.3 is 12.1 Å². The van der Waals surface area contributed by atoms with Crippen molar-refractivity contribution in [3.05, 3.63) is 70.1 Å². The van der Waals surface area contributed by atoms with Crippen LogP contribution in [-0.2, 0) is 11.0 Å². The van der Waals surface area contributed by atoms with Crippen molar-refractivity contribution in [1.82, 2.24) is 20.4 Å². The maximum atomic E-state index is 12.8. The minimum atomic E-state index is -4.49. The summed E-state index contributed by atoms with van der Waals surface area (Å²) in [5, 5.41) is 0.931. The first-order valence-electron chi connectivity index (χ1n) is 8.57. The van der Waals surface area contributed by atoms with Gasteiger partial charge in [0.15, 0.2) is 0 Å². The lowest BCUT2D eigenvalue weighted by Crippen LogP contribution is -2.45.